The summed E-state index contributed by atoms with van der Waals surface area (Å²) < 4.78 is 0. The standard InChI is InChI=1S/C17H30N2O/c1-3-5-19(6-4-18)15(20)17-10-13-7-14(11-17)9-16(2,8-13)12-17/h13-14H,3-12,18H2,1-2H3. The summed E-state index contributed by atoms with van der Waals surface area (Å²) in [5, 5.41) is 0. The molecular weight excluding hydrogens is 248 g/mol. The lowest BCUT2D eigenvalue weighted by molar-refractivity contribution is -0.166. The minimum Gasteiger partial charge on any atom is -0.341 e. The molecule has 0 radical (unpaired) electrons. The molecule has 3 heteroatoms. The largest absolute Gasteiger partial charge is 0.341 e. The fraction of sp³-hybridized carbons (Fsp3) is 0.941. The van der Waals surface area contributed by atoms with Crippen LogP contribution in [0.3, 0.4) is 0 Å². The molecule has 2 atom stereocenters. The van der Waals surface area contributed by atoms with E-state index in [-0.39, 0.29) is 5.41 Å². The summed E-state index contributed by atoms with van der Waals surface area (Å²) in [6.07, 6.45) is 8.59. The number of hydrogen-bond acceptors (Lipinski definition) is 2. The fourth-order valence-electron chi connectivity index (χ4n) is 6.05. The van der Waals surface area contributed by atoms with Crippen molar-refractivity contribution in [3.05, 3.63) is 0 Å². The average molecular weight is 278 g/mol. The highest BCUT2D eigenvalue weighted by Gasteiger charge is 2.59. The van der Waals surface area contributed by atoms with Crippen LogP contribution in [0.4, 0.5) is 0 Å². The lowest BCUT2D eigenvalue weighted by Gasteiger charge is -2.61. The van der Waals surface area contributed by atoms with E-state index in [2.05, 4.69) is 18.7 Å². The van der Waals surface area contributed by atoms with Crippen molar-refractivity contribution in [2.24, 2.45) is 28.4 Å². The van der Waals surface area contributed by atoms with Gasteiger partial charge in [0.25, 0.3) is 0 Å². The van der Waals surface area contributed by atoms with Crippen molar-refractivity contribution in [2.45, 2.75) is 58.8 Å². The summed E-state index contributed by atoms with van der Waals surface area (Å²) in [5.74, 6) is 2.06. The zero-order chi connectivity index (χ0) is 14.4. The van der Waals surface area contributed by atoms with Gasteiger partial charge in [-0.25, -0.2) is 0 Å². The molecule has 20 heavy (non-hydrogen) atoms. The predicted molar refractivity (Wildman–Crippen MR) is 81.1 cm³/mol. The van der Waals surface area contributed by atoms with Gasteiger partial charge in [0.05, 0.1) is 5.41 Å². The van der Waals surface area contributed by atoms with Gasteiger partial charge in [-0.1, -0.05) is 13.8 Å². The van der Waals surface area contributed by atoms with Crippen LogP contribution in [0.2, 0.25) is 0 Å². The molecule has 4 fully saturated rings. The molecule has 114 valence electrons. The predicted octanol–water partition coefficient (Wildman–Crippen LogP) is 2.79. The van der Waals surface area contributed by atoms with Crippen molar-refractivity contribution in [2.75, 3.05) is 19.6 Å². The Bertz CT molecular complexity index is 372. The minimum absolute atomic E-state index is 0.0246. The maximum atomic E-state index is 13.2. The van der Waals surface area contributed by atoms with E-state index in [4.69, 9.17) is 5.73 Å². The van der Waals surface area contributed by atoms with Gasteiger partial charge in [-0.3, -0.25) is 4.79 Å². The first-order chi connectivity index (χ1) is 9.50. The summed E-state index contributed by atoms with van der Waals surface area (Å²) in [7, 11) is 0. The molecule has 0 spiro atoms. The van der Waals surface area contributed by atoms with Crippen LogP contribution in [0.25, 0.3) is 0 Å². The molecule has 4 aliphatic rings. The van der Waals surface area contributed by atoms with Gasteiger partial charge in [0.1, 0.15) is 0 Å². The van der Waals surface area contributed by atoms with Gasteiger partial charge in [-0.15, -0.1) is 0 Å². The van der Waals surface area contributed by atoms with E-state index >= 15 is 0 Å². The second-order valence-electron chi connectivity index (χ2n) is 8.13. The molecule has 4 aliphatic carbocycles. The van der Waals surface area contributed by atoms with Crippen LogP contribution in [-0.2, 0) is 4.79 Å². The minimum atomic E-state index is -0.0246. The molecule has 0 aliphatic heterocycles. The molecule has 2 N–H and O–H groups in total. The van der Waals surface area contributed by atoms with Crippen LogP contribution in [0.1, 0.15) is 58.8 Å². The molecule has 3 nitrogen and oxygen atoms in total. The van der Waals surface area contributed by atoms with Crippen LogP contribution in [0, 0.1) is 22.7 Å². The highest BCUT2D eigenvalue weighted by molar-refractivity contribution is 5.83. The van der Waals surface area contributed by atoms with Crippen LogP contribution in [-0.4, -0.2) is 30.4 Å². The van der Waals surface area contributed by atoms with Gasteiger partial charge >= 0.3 is 0 Å². The van der Waals surface area contributed by atoms with E-state index in [9.17, 15) is 4.79 Å². The molecule has 0 aromatic rings. The van der Waals surface area contributed by atoms with E-state index in [1.807, 2.05) is 0 Å². The van der Waals surface area contributed by atoms with Crippen molar-refractivity contribution >= 4 is 5.91 Å². The van der Waals surface area contributed by atoms with E-state index in [1.165, 1.54) is 19.3 Å². The first-order valence-electron chi connectivity index (χ1n) is 8.50. The lowest BCUT2D eigenvalue weighted by atomic mass is 9.44. The van der Waals surface area contributed by atoms with Crippen molar-refractivity contribution < 1.29 is 4.79 Å². The maximum Gasteiger partial charge on any atom is 0.228 e. The quantitative estimate of drug-likeness (QED) is 0.840. The van der Waals surface area contributed by atoms with Crippen molar-refractivity contribution in [3.8, 4) is 0 Å². The Kier molecular flexibility index (Phi) is 3.60. The number of carbonyl (C=O) groups excluding carboxylic acids is 1. The van der Waals surface area contributed by atoms with E-state index < -0.39 is 0 Å². The van der Waals surface area contributed by atoms with E-state index in [0.29, 0.717) is 17.9 Å². The Hall–Kier alpha value is -0.570. The van der Waals surface area contributed by atoms with Crippen LogP contribution < -0.4 is 5.73 Å². The van der Waals surface area contributed by atoms with Crippen LogP contribution in [0.5, 0.6) is 0 Å². The number of rotatable bonds is 5. The van der Waals surface area contributed by atoms with E-state index in [0.717, 1.165) is 50.6 Å². The van der Waals surface area contributed by atoms with Gasteiger partial charge < -0.3 is 10.6 Å². The van der Waals surface area contributed by atoms with Gasteiger partial charge in [0, 0.05) is 19.6 Å². The molecule has 4 saturated carbocycles. The number of nitrogens with two attached hydrogens (primary N) is 1. The average Bonchev–Trinajstić information content (AvgIpc) is 2.34. The number of nitrogens with zero attached hydrogens (tertiary/aromatic N) is 1. The molecule has 0 saturated heterocycles. The third kappa shape index (κ3) is 2.28. The zero-order valence-corrected chi connectivity index (χ0v) is 13.2. The molecule has 2 unspecified atom stereocenters. The summed E-state index contributed by atoms with van der Waals surface area (Å²) in [6, 6.07) is 0. The fourth-order valence-corrected chi connectivity index (χ4v) is 6.05. The molecule has 0 aromatic heterocycles. The van der Waals surface area contributed by atoms with Crippen molar-refractivity contribution in [1.29, 1.82) is 0 Å². The molecule has 0 aromatic carbocycles. The topological polar surface area (TPSA) is 46.3 Å². The second kappa shape index (κ2) is 5.01. The van der Waals surface area contributed by atoms with E-state index in [1.54, 1.807) is 0 Å². The smallest absolute Gasteiger partial charge is 0.228 e. The third-order valence-corrected chi connectivity index (χ3v) is 5.99. The summed E-state index contributed by atoms with van der Waals surface area (Å²) >= 11 is 0. The molecule has 4 rings (SSSR count). The summed E-state index contributed by atoms with van der Waals surface area (Å²) in [6.45, 7) is 6.79. The highest BCUT2D eigenvalue weighted by atomic mass is 16.2. The Morgan fingerprint density at radius 3 is 2.35 bits per heavy atom. The summed E-state index contributed by atoms with van der Waals surface area (Å²) in [5.41, 5.74) is 6.14. The van der Waals surface area contributed by atoms with Gasteiger partial charge in [-0.05, 0) is 62.2 Å². The first-order valence-corrected chi connectivity index (χ1v) is 8.50. The maximum absolute atomic E-state index is 13.2. The summed E-state index contributed by atoms with van der Waals surface area (Å²) in [4.78, 5) is 15.3. The third-order valence-electron chi connectivity index (χ3n) is 5.99. The Morgan fingerprint density at radius 2 is 1.85 bits per heavy atom. The van der Waals surface area contributed by atoms with Crippen molar-refractivity contribution in [3.63, 3.8) is 0 Å². The molecule has 4 bridgehead atoms. The zero-order valence-electron chi connectivity index (χ0n) is 13.2. The lowest BCUT2D eigenvalue weighted by Crippen LogP contribution is -2.58. The SMILES string of the molecule is CCCN(CCN)C(=O)C12CC3CC(CC(C)(C3)C1)C2. The first kappa shape index (κ1) is 14.4. The monoisotopic (exact) mass is 278 g/mol. The Labute approximate surface area is 123 Å². The number of amides is 1. The number of hydrogen-bond donors (Lipinski definition) is 1. The molecule has 0 heterocycles. The van der Waals surface area contributed by atoms with Gasteiger partial charge in [0.15, 0.2) is 0 Å². The van der Waals surface area contributed by atoms with Crippen molar-refractivity contribution in [1.82, 2.24) is 4.90 Å². The second-order valence-corrected chi connectivity index (χ2v) is 8.13. The molecular formula is C17H30N2O. The van der Waals surface area contributed by atoms with Gasteiger partial charge in [-0.2, -0.15) is 0 Å². The Balaban J connectivity index is 1.82. The molecule has 1 amide bonds. The highest BCUT2D eigenvalue weighted by Crippen LogP contribution is 2.65. The van der Waals surface area contributed by atoms with Gasteiger partial charge in [0.2, 0.25) is 5.91 Å². The van der Waals surface area contributed by atoms with Crippen LogP contribution in [0.15, 0.2) is 0 Å². The Morgan fingerprint density at radius 1 is 1.20 bits per heavy atom. The normalized spacial score (nSPS) is 42.0. The number of carbonyl (C=O) groups is 1. The van der Waals surface area contributed by atoms with Crippen LogP contribution >= 0.6 is 0 Å².